The van der Waals surface area contributed by atoms with Crippen molar-refractivity contribution in [3.63, 3.8) is 0 Å². The second-order valence-electron chi connectivity index (χ2n) is 5.25. The average molecular weight is 346 g/mol. The number of methoxy groups -OCH3 is 1. The van der Waals surface area contributed by atoms with Gasteiger partial charge in [0.25, 0.3) is 5.91 Å². The molecule has 2 atom stereocenters. The Morgan fingerprint density at radius 1 is 1.41 bits per heavy atom. The second kappa shape index (κ2) is 5.70. The number of carbonyl (C=O) groups is 1. The van der Waals surface area contributed by atoms with Gasteiger partial charge in [-0.3, -0.25) is 4.79 Å². The van der Waals surface area contributed by atoms with E-state index >= 15 is 0 Å². The van der Waals surface area contributed by atoms with Crippen LogP contribution < -0.4 is 5.73 Å². The number of amides is 1. The Morgan fingerprint density at radius 2 is 2.14 bits per heavy atom. The smallest absolute Gasteiger partial charge is 0.272 e. The molecule has 2 heterocycles. The number of aromatic amines is 1. The summed E-state index contributed by atoms with van der Waals surface area (Å²) in [4.78, 5) is 17.1. The van der Waals surface area contributed by atoms with Crippen LogP contribution in [0.2, 0.25) is 10.0 Å². The van der Waals surface area contributed by atoms with Crippen LogP contribution in [0.25, 0.3) is 10.9 Å². The number of rotatable bonds is 2. The molecule has 2 aromatic rings. The number of hydrogen-bond donors (Lipinski definition) is 2. The normalized spacial score (nSPS) is 21.8. The van der Waals surface area contributed by atoms with E-state index in [0.29, 0.717) is 24.0 Å². The summed E-state index contributed by atoms with van der Waals surface area (Å²) in [5.74, 6) is -0.899. The number of benzene rings is 1. The van der Waals surface area contributed by atoms with Gasteiger partial charge in [-0.15, -0.1) is 0 Å². The predicted octanol–water partition coefficient (Wildman–Crippen LogP) is 2.41. The van der Waals surface area contributed by atoms with E-state index in [1.54, 1.807) is 12.0 Å². The lowest BCUT2D eigenvalue weighted by molar-refractivity contribution is 0.0713. The molecule has 0 radical (unpaired) electrons. The van der Waals surface area contributed by atoms with Gasteiger partial charge in [0.1, 0.15) is 11.5 Å². The summed E-state index contributed by atoms with van der Waals surface area (Å²) in [7, 11) is 1.55. The van der Waals surface area contributed by atoms with Crippen molar-refractivity contribution in [1.29, 1.82) is 0 Å². The molecule has 8 heteroatoms. The number of nitrogens with two attached hydrogens (primary N) is 1. The Kier molecular flexibility index (Phi) is 4.03. The van der Waals surface area contributed by atoms with Crippen molar-refractivity contribution in [2.24, 2.45) is 5.73 Å². The third kappa shape index (κ3) is 2.36. The first-order valence-electron chi connectivity index (χ1n) is 6.66. The Morgan fingerprint density at radius 3 is 2.77 bits per heavy atom. The molecule has 0 saturated carbocycles. The topological polar surface area (TPSA) is 71.3 Å². The maximum Gasteiger partial charge on any atom is 0.272 e. The molecule has 3 rings (SSSR count). The Labute approximate surface area is 136 Å². The van der Waals surface area contributed by atoms with Gasteiger partial charge in [0.15, 0.2) is 0 Å². The zero-order chi connectivity index (χ0) is 16.0. The molecule has 0 aliphatic carbocycles. The van der Waals surface area contributed by atoms with Crippen molar-refractivity contribution in [3.05, 3.63) is 33.7 Å². The van der Waals surface area contributed by atoms with Gasteiger partial charge in [0, 0.05) is 31.1 Å². The van der Waals surface area contributed by atoms with Crippen LogP contribution in [0.4, 0.5) is 4.39 Å². The second-order valence-corrected chi connectivity index (χ2v) is 6.00. The minimum atomic E-state index is -0.586. The van der Waals surface area contributed by atoms with E-state index < -0.39 is 5.82 Å². The van der Waals surface area contributed by atoms with Gasteiger partial charge in [0.2, 0.25) is 0 Å². The van der Waals surface area contributed by atoms with Crippen LogP contribution >= 0.6 is 23.2 Å². The van der Waals surface area contributed by atoms with Crippen molar-refractivity contribution in [2.75, 3.05) is 20.2 Å². The average Bonchev–Trinajstić information content (AvgIpc) is 3.03. The summed E-state index contributed by atoms with van der Waals surface area (Å²) in [6.45, 7) is 0.745. The SMILES string of the molecule is CO[C@H]1CN(C(=O)c2[nH]c3ccc(F)c(Cl)c3c2Cl)C[C@@H]1N. The minimum absolute atomic E-state index is 0.106. The number of carbonyl (C=O) groups excluding carboxylic acids is 1. The number of nitrogens with zero attached hydrogens (tertiary/aromatic N) is 1. The van der Waals surface area contributed by atoms with Crippen LogP contribution in [-0.4, -0.2) is 48.1 Å². The standard InChI is InChI=1S/C14H14Cl2FN3O2/c1-22-9-5-20(4-7(9)18)14(21)13-12(16)10-8(19-13)3-2-6(17)11(10)15/h2-3,7,9,19H,4-5,18H2,1H3/t7-,9-/m0/s1. The molecule has 1 saturated heterocycles. The van der Waals surface area contributed by atoms with Crippen LogP contribution in [0.1, 0.15) is 10.5 Å². The number of halogens is 3. The highest BCUT2D eigenvalue weighted by molar-refractivity contribution is 6.44. The molecule has 1 aromatic carbocycles. The molecule has 3 N–H and O–H groups in total. The number of aromatic nitrogens is 1. The van der Waals surface area contributed by atoms with Crippen LogP contribution in [0.5, 0.6) is 0 Å². The number of nitrogens with one attached hydrogen (secondary N) is 1. The Hall–Kier alpha value is -1.34. The lowest BCUT2D eigenvalue weighted by Gasteiger charge is -2.15. The summed E-state index contributed by atoms with van der Waals surface area (Å²) in [6.07, 6.45) is -0.215. The Balaban J connectivity index is 1.99. The molecule has 22 heavy (non-hydrogen) atoms. The molecule has 1 aromatic heterocycles. The van der Waals surface area contributed by atoms with E-state index in [4.69, 9.17) is 33.7 Å². The number of fused-ring (bicyclic) bond motifs is 1. The Bertz CT molecular complexity index is 749. The number of H-pyrrole nitrogens is 1. The van der Waals surface area contributed by atoms with Gasteiger partial charge < -0.3 is 20.4 Å². The highest BCUT2D eigenvalue weighted by Gasteiger charge is 2.35. The molecule has 1 aliphatic rings. The van der Waals surface area contributed by atoms with E-state index in [1.807, 2.05) is 0 Å². The highest BCUT2D eigenvalue weighted by Crippen LogP contribution is 2.35. The van der Waals surface area contributed by atoms with Gasteiger partial charge in [-0.1, -0.05) is 23.2 Å². The van der Waals surface area contributed by atoms with Crippen molar-refractivity contribution < 1.29 is 13.9 Å². The summed E-state index contributed by atoms with van der Waals surface area (Å²) in [5, 5.41) is 0.308. The fourth-order valence-electron chi connectivity index (χ4n) is 2.70. The van der Waals surface area contributed by atoms with E-state index in [1.165, 1.54) is 12.1 Å². The molecule has 1 fully saturated rings. The summed E-state index contributed by atoms with van der Waals surface area (Å²) in [5.41, 5.74) is 6.60. The zero-order valence-electron chi connectivity index (χ0n) is 11.7. The van der Waals surface area contributed by atoms with Crippen molar-refractivity contribution in [1.82, 2.24) is 9.88 Å². The summed E-state index contributed by atoms with van der Waals surface area (Å²) < 4.78 is 18.8. The van der Waals surface area contributed by atoms with Crippen molar-refractivity contribution >= 4 is 40.0 Å². The third-order valence-corrected chi connectivity index (χ3v) is 4.65. The molecule has 1 amide bonds. The van der Waals surface area contributed by atoms with Gasteiger partial charge in [-0.25, -0.2) is 4.39 Å². The number of hydrogen-bond acceptors (Lipinski definition) is 3. The van der Waals surface area contributed by atoms with Crippen molar-refractivity contribution in [3.8, 4) is 0 Å². The first-order chi connectivity index (χ1) is 10.4. The molecular weight excluding hydrogens is 332 g/mol. The largest absolute Gasteiger partial charge is 0.378 e. The minimum Gasteiger partial charge on any atom is -0.378 e. The zero-order valence-corrected chi connectivity index (χ0v) is 13.2. The lowest BCUT2D eigenvalue weighted by Crippen LogP contribution is -2.34. The summed E-state index contributed by atoms with van der Waals surface area (Å²) >= 11 is 12.2. The van der Waals surface area contributed by atoms with Gasteiger partial charge in [-0.2, -0.15) is 0 Å². The predicted molar refractivity (Wildman–Crippen MR) is 83.0 cm³/mol. The fraction of sp³-hybridized carbons (Fsp3) is 0.357. The quantitative estimate of drug-likeness (QED) is 0.877. The molecule has 1 aliphatic heterocycles. The van der Waals surface area contributed by atoms with Crippen LogP contribution in [0.15, 0.2) is 12.1 Å². The molecule has 5 nitrogen and oxygen atoms in total. The summed E-state index contributed by atoms with van der Waals surface area (Å²) in [6, 6.07) is 2.46. The maximum absolute atomic E-state index is 13.6. The maximum atomic E-state index is 13.6. The molecule has 0 bridgehead atoms. The van der Waals surface area contributed by atoms with Crippen LogP contribution in [-0.2, 0) is 4.74 Å². The van der Waals surface area contributed by atoms with Crippen LogP contribution in [0, 0.1) is 5.82 Å². The van der Waals surface area contributed by atoms with Crippen LogP contribution in [0.3, 0.4) is 0 Å². The lowest BCUT2D eigenvalue weighted by atomic mass is 10.2. The third-order valence-electron chi connectivity index (χ3n) is 3.91. The first kappa shape index (κ1) is 15.6. The van der Waals surface area contributed by atoms with E-state index in [0.717, 1.165) is 0 Å². The van der Waals surface area contributed by atoms with Gasteiger partial charge >= 0.3 is 0 Å². The van der Waals surface area contributed by atoms with Gasteiger partial charge in [0.05, 0.1) is 22.2 Å². The van der Waals surface area contributed by atoms with Crippen molar-refractivity contribution in [2.45, 2.75) is 12.1 Å². The monoisotopic (exact) mass is 345 g/mol. The molecule has 118 valence electrons. The molecule has 0 spiro atoms. The van der Waals surface area contributed by atoms with Gasteiger partial charge in [-0.05, 0) is 12.1 Å². The first-order valence-corrected chi connectivity index (χ1v) is 7.42. The molecular formula is C14H14Cl2FN3O2. The van der Waals surface area contributed by atoms with E-state index in [2.05, 4.69) is 4.98 Å². The fourth-order valence-corrected chi connectivity index (χ4v) is 3.34. The number of likely N-dealkylation sites (tertiary alicyclic amines) is 1. The number of ether oxygens (including phenoxy) is 1. The van der Waals surface area contributed by atoms with E-state index in [-0.39, 0.29) is 33.8 Å². The van der Waals surface area contributed by atoms with E-state index in [9.17, 15) is 9.18 Å². The molecule has 0 unspecified atom stereocenters. The highest BCUT2D eigenvalue weighted by atomic mass is 35.5.